The predicted molar refractivity (Wildman–Crippen MR) is 123 cm³/mol. The van der Waals surface area contributed by atoms with Crippen molar-refractivity contribution in [2.75, 3.05) is 50.8 Å². The molecule has 1 aromatic heterocycles. The summed E-state index contributed by atoms with van der Waals surface area (Å²) in [6.45, 7) is 5.89. The number of anilines is 1. The molecule has 1 N–H and O–H groups in total. The third-order valence-electron chi connectivity index (χ3n) is 6.64. The summed E-state index contributed by atoms with van der Waals surface area (Å²) in [6, 6.07) is 12.1. The average Bonchev–Trinajstić information content (AvgIpc) is 3.52. The molecule has 2 aromatic rings. The molecular weight excluding hydrogens is 404 g/mol. The van der Waals surface area contributed by atoms with Gasteiger partial charge in [0.05, 0.1) is 5.92 Å². The molecule has 7 nitrogen and oxygen atoms in total. The van der Waals surface area contributed by atoms with Gasteiger partial charge in [0.2, 0.25) is 5.91 Å². The molecular formula is C25H32N4O3. The quantitative estimate of drug-likeness (QED) is 0.720. The van der Waals surface area contributed by atoms with Crippen LogP contribution >= 0.6 is 0 Å². The molecule has 2 saturated heterocycles. The molecule has 0 radical (unpaired) electrons. The number of benzene rings is 1. The molecule has 32 heavy (non-hydrogen) atoms. The molecule has 1 aromatic carbocycles. The highest BCUT2D eigenvalue weighted by atomic mass is 16.6. The van der Waals surface area contributed by atoms with Crippen molar-refractivity contribution < 1.29 is 14.3 Å². The monoisotopic (exact) mass is 436 g/mol. The van der Waals surface area contributed by atoms with E-state index in [0.29, 0.717) is 13.2 Å². The number of rotatable bonds is 7. The van der Waals surface area contributed by atoms with Crippen molar-refractivity contribution in [3.63, 3.8) is 0 Å². The van der Waals surface area contributed by atoms with Crippen LogP contribution in [0.2, 0.25) is 0 Å². The van der Waals surface area contributed by atoms with Gasteiger partial charge in [-0.2, -0.15) is 0 Å². The van der Waals surface area contributed by atoms with Gasteiger partial charge in [-0.05, 0) is 68.6 Å². The molecule has 7 heteroatoms. The summed E-state index contributed by atoms with van der Waals surface area (Å²) in [4.78, 5) is 22.3. The topological polar surface area (TPSA) is 66.9 Å². The largest absolute Gasteiger partial charge is 0.486 e. The maximum Gasteiger partial charge on any atom is 0.225 e. The maximum atomic E-state index is 13.2. The van der Waals surface area contributed by atoms with Crippen LogP contribution in [0.4, 0.5) is 5.82 Å². The van der Waals surface area contributed by atoms with Gasteiger partial charge >= 0.3 is 0 Å². The van der Waals surface area contributed by atoms with E-state index in [9.17, 15) is 4.79 Å². The van der Waals surface area contributed by atoms with Crippen molar-refractivity contribution in [1.82, 2.24) is 15.2 Å². The van der Waals surface area contributed by atoms with Crippen LogP contribution in [0.1, 0.15) is 24.8 Å². The number of likely N-dealkylation sites (tertiary alicyclic amines) is 1. The summed E-state index contributed by atoms with van der Waals surface area (Å²) in [5, 5.41) is 3.39. The average molecular weight is 437 g/mol. The lowest BCUT2D eigenvalue weighted by atomic mass is 10.0. The predicted octanol–water partition coefficient (Wildman–Crippen LogP) is 2.50. The molecule has 2 atom stereocenters. The first kappa shape index (κ1) is 21.1. The molecule has 5 rings (SSSR count). The zero-order valence-corrected chi connectivity index (χ0v) is 18.5. The second-order valence-corrected chi connectivity index (χ2v) is 9.01. The van der Waals surface area contributed by atoms with E-state index >= 15 is 0 Å². The Morgan fingerprint density at radius 1 is 1.09 bits per heavy atom. The van der Waals surface area contributed by atoms with Crippen LogP contribution in [0, 0.1) is 5.92 Å². The number of ether oxygens (including phenoxy) is 2. The lowest BCUT2D eigenvalue weighted by Gasteiger charge is -2.26. The van der Waals surface area contributed by atoms with Crippen molar-refractivity contribution in [2.24, 2.45) is 5.92 Å². The minimum atomic E-state index is -0.00153. The number of aromatic nitrogens is 1. The highest BCUT2D eigenvalue weighted by Gasteiger charge is 2.31. The van der Waals surface area contributed by atoms with Crippen LogP contribution < -0.4 is 19.7 Å². The number of nitrogens with zero attached hydrogens (tertiary/aromatic N) is 3. The smallest absolute Gasteiger partial charge is 0.225 e. The third kappa shape index (κ3) is 4.99. The molecule has 3 aliphatic heterocycles. The van der Waals surface area contributed by atoms with E-state index in [1.165, 1.54) is 18.4 Å². The summed E-state index contributed by atoms with van der Waals surface area (Å²) < 4.78 is 11.4. The first-order valence-corrected chi connectivity index (χ1v) is 11.8. The summed E-state index contributed by atoms with van der Waals surface area (Å²) in [7, 11) is 0. The molecule has 0 aliphatic carbocycles. The first-order valence-electron chi connectivity index (χ1n) is 11.8. The van der Waals surface area contributed by atoms with Gasteiger partial charge in [-0.1, -0.05) is 12.1 Å². The van der Waals surface area contributed by atoms with E-state index in [4.69, 9.17) is 9.47 Å². The van der Waals surface area contributed by atoms with Gasteiger partial charge in [0.1, 0.15) is 19.0 Å². The number of hydrogen-bond acceptors (Lipinski definition) is 6. The lowest BCUT2D eigenvalue weighted by Crippen LogP contribution is -2.46. The van der Waals surface area contributed by atoms with Crippen molar-refractivity contribution >= 4 is 11.7 Å². The molecule has 2 fully saturated rings. The van der Waals surface area contributed by atoms with E-state index in [1.54, 1.807) is 0 Å². The Bertz CT molecular complexity index is 917. The van der Waals surface area contributed by atoms with Crippen LogP contribution in [0.25, 0.3) is 0 Å². The standard InChI is InChI=1S/C25H32N4O3/c30-25(20-8-12-29(17-20)24-5-1-2-9-26-24)27-21(18-28-10-3-4-11-28)15-19-6-7-22-23(16-19)32-14-13-31-22/h1-2,5-7,9,16,20-21H,3-4,8,10-15,17-18H2,(H,27,30)/t20-,21+/m1/s1. The van der Waals surface area contributed by atoms with Gasteiger partial charge in [0, 0.05) is 31.9 Å². The van der Waals surface area contributed by atoms with E-state index < -0.39 is 0 Å². The number of carbonyl (C=O) groups excluding carboxylic acids is 1. The number of carbonyl (C=O) groups is 1. The van der Waals surface area contributed by atoms with Crippen LogP contribution in [0.5, 0.6) is 11.5 Å². The molecule has 0 unspecified atom stereocenters. The Labute approximate surface area is 189 Å². The van der Waals surface area contributed by atoms with Gasteiger partial charge < -0.3 is 24.6 Å². The van der Waals surface area contributed by atoms with E-state index in [0.717, 1.165) is 62.9 Å². The fourth-order valence-corrected chi connectivity index (χ4v) is 4.98. The Morgan fingerprint density at radius 3 is 2.75 bits per heavy atom. The van der Waals surface area contributed by atoms with E-state index in [1.807, 2.05) is 30.5 Å². The van der Waals surface area contributed by atoms with E-state index in [2.05, 4.69) is 32.2 Å². The highest BCUT2D eigenvalue weighted by Crippen LogP contribution is 2.31. The number of pyridine rings is 1. The SMILES string of the molecule is O=C(N[C@@H](Cc1ccc2c(c1)OCCO2)CN1CCCC1)[C@@H]1CCN(c2ccccn2)C1. The summed E-state index contributed by atoms with van der Waals surface area (Å²) in [5.74, 6) is 2.72. The second kappa shape index (κ2) is 9.77. The molecule has 0 saturated carbocycles. The number of hydrogen-bond donors (Lipinski definition) is 1. The van der Waals surface area contributed by atoms with Gasteiger partial charge in [-0.3, -0.25) is 4.79 Å². The second-order valence-electron chi connectivity index (χ2n) is 9.01. The fraction of sp³-hybridized carbons (Fsp3) is 0.520. The highest BCUT2D eigenvalue weighted by molar-refractivity contribution is 5.80. The molecule has 4 heterocycles. The van der Waals surface area contributed by atoms with Crippen molar-refractivity contribution in [1.29, 1.82) is 0 Å². The Balaban J connectivity index is 1.24. The van der Waals surface area contributed by atoms with E-state index in [-0.39, 0.29) is 17.9 Å². The Morgan fingerprint density at radius 2 is 1.94 bits per heavy atom. The zero-order valence-electron chi connectivity index (χ0n) is 18.5. The molecule has 0 bridgehead atoms. The third-order valence-corrected chi connectivity index (χ3v) is 6.64. The fourth-order valence-electron chi connectivity index (χ4n) is 4.98. The van der Waals surface area contributed by atoms with Crippen molar-refractivity contribution in [3.8, 4) is 11.5 Å². The first-order chi connectivity index (χ1) is 15.7. The van der Waals surface area contributed by atoms with Crippen LogP contribution in [-0.2, 0) is 11.2 Å². The summed E-state index contributed by atoms with van der Waals surface area (Å²) in [5.41, 5.74) is 1.17. The van der Waals surface area contributed by atoms with Gasteiger partial charge in [-0.25, -0.2) is 4.98 Å². The summed E-state index contributed by atoms with van der Waals surface area (Å²) in [6.07, 6.45) is 5.94. The molecule has 170 valence electrons. The Kier molecular flexibility index (Phi) is 6.44. The Hall–Kier alpha value is -2.80. The lowest BCUT2D eigenvalue weighted by molar-refractivity contribution is -0.125. The molecule has 3 aliphatic rings. The molecule has 0 spiro atoms. The van der Waals surface area contributed by atoms with Crippen LogP contribution in [-0.4, -0.2) is 67.8 Å². The van der Waals surface area contributed by atoms with Crippen LogP contribution in [0.15, 0.2) is 42.6 Å². The number of nitrogens with one attached hydrogen (secondary N) is 1. The van der Waals surface area contributed by atoms with Crippen molar-refractivity contribution in [2.45, 2.75) is 31.7 Å². The zero-order chi connectivity index (χ0) is 21.8. The van der Waals surface area contributed by atoms with Gasteiger partial charge in [-0.15, -0.1) is 0 Å². The van der Waals surface area contributed by atoms with Crippen LogP contribution in [0.3, 0.4) is 0 Å². The normalized spacial score (nSPS) is 21.5. The minimum Gasteiger partial charge on any atom is -0.486 e. The van der Waals surface area contributed by atoms with Gasteiger partial charge in [0.15, 0.2) is 11.5 Å². The van der Waals surface area contributed by atoms with Crippen molar-refractivity contribution in [3.05, 3.63) is 48.2 Å². The number of fused-ring (bicyclic) bond motifs is 1. The molecule has 1 amide bonds. The summed E-state index contributed by atoms with van der Waals surface area (Å²) >= 11 is 0. The van der Waals surface area contributed by atoms with Gasteiger partial charge in [0.25, 0.3) is 0 Å². The number of amides is 1. The maximum absolute atomic E-state index is 13.2. The minimum absolute atomic E-state index is 0.00153.